The molecule has 0 radical (unpaired) electrons. The van der Waals surface area contributed by atoms with Gasteiger partial charge in [-0.25, -0.2) is 13.1 Å². The van der Waals surface area contributed by atoms with Crippen molar-refractivity contribution in [1.29, 1.82) is 0 Å². The second-order valence-electron chi connectivity index (χ2n) is 6.41. The van der Waals surface area contributed by atoms with Crippen LogP contribution in [-0.4, -0.2) is 40.0 Å². The zero-order chi connectivity index (χ0) is 16.6. The molecule has 2 atom stereocenters. The summed E-state index contributed by atoms with van der Waals surface area (Å²) in [6, 6.07) is 4.99. The molecule has 23 heavy (non-hydrogen) atoms. The number of nitrogens with zero attached hydrogens (tertiary/aromatic N) is 1. The summed E-state index contributed by atoms with van der Waals surface area (Å²) in [5.74, 6) is 0.252. The first kappa shape index (κ1) is 16.4. The third-order valence-electron chi connectivity index (χ3n) is 4.73. The molecule has 3 rings (SSSR count). The zero-order valence-corrected chi connectivity index (χ0v) is 14.3. The van der Waals surface area contributed by atoms with Crippen LogP contribution in [0.2, 0.25) is 0 Å². The average Bonchev–Trinajstić information content (AvgIpc) is 2.92. The summed E-state index contributed by atoms with van der Waals surface area (Å²) in [6.45, 7) is 5.85. The SMILES string of the molecule is CC(=O)N1CCc2cc(S(=O)(=O)NC3CCNCC3C)ccc21. The van der Waals surface area contributed by atoms with E-state index < -0.39 is 10.0 Å². The van der Waals surface area contributed by atoms with E-state index in [2.05, 4.69) is 10.0 Å². The smallest absolute Gasteiger partial charge is 0.240 e. The molecule has 0 aromatic heterocycles. The van der Waals surface area contributed by atoms with Crippen LogP contribution in [0.25, 0.3) is 0 Å². The highest BCUT2D eigenvalue weighted by Crippen LogP contribution is 2.30. The minimum Gasteiger partial charge on any atom is -0.316 e. The van der Waals surface area contributed by atoms with E-state index in [0.717, 1.165) is 30.8 Å². The summed E-state index contributed by atoms with van der Waals surface area (Å²) in [6.07, 6.45) is 1.49. The van der Waals surface area contributed by atoms with Gasteiger partial charge in [0.15, 0.2) is 0 Å². The van der Waals surface area contributed by atoms with Crippen molar-refractivity contribution < 1.29 is 13.2 Å². The molecule has 2 aliphatic heterocycles. The molecule has 2 heterocycles. The van der Waals surface area contributed by atoms with Crippen LogP contribution in [0.1, 0.15) is 25.8 Å². The van der Waals surface area contributed by atoms with Crippen LogP contribution >= 0.6 is 0 Å². The molecule has 2 aliphatic rings. The van der Waals surface area contributed by atoms with Crippen LogP contribution in [0.3, 0.4) is 0 Å². The molecular weight excluding hydrogens is 314 g/mol. The Morgan fingerprint density at radius 2 is 2.17 bits per heavy atom. The maximum atomic E-state index is 12.6. The normalized spacial score (nSPS) is 24.5. The highest BCUT2D eigenvalue weighted by Gasteiger charge is 2.28. The summed E-state index contributed by atoms with van der Waals surface area (Å²) >= 11 is 0. The number of hydrogen-bond acceptors (Lipinski definition) is 4. The number of fused-ring (bicyclic) bond motifs is 1. The van der Waals surface area contributed by atoms with Gasteiger partial charge in [0.05, 0.1) is 4.90 Å². The molecule has 0 bridgehead atoms. The van der Waals surface area contributed by atoms with Crippen LogP contribution in [0.15, 0.2) is 23.1 Å². The van der Waals surface area contributed by atoms with Crippen LogP contribution in [0.4, 0.5) is 5.69 Å². The molecular formula is C16H23N3O3S. The van der Waals surface area contributed by atoms with E-state index in [9.17, 15) is 13.2 Å². The van der Waals surface area contributed by atoms with Gasteiger partial charge in [-0.3, -0.25) is 4.79 Å². The Morgan fingerprint density at radius 3 is 2.87 bits per heavy atom. The fraction of sp³-hybridized carbons (Fsp3) is 0.562. The Hall–Kier alpha value is -1.44. The first-order valence-corrected chi connectivity index (χ1v) is 9.51. The molecule has 1 aromatic carbocycles. The van der Waals surface area contributed by atoms with E-state index in [1.807, 2.05) is 6.92 Å². The lowest BCUT2D eigenvalue weighted by Gasteiger charge is -2.30. The van der Waals surface area contributed by atoms with Crippen molar-refractivity contribution in [1.82, 2.24) is 10.0 Å². The number of carbonyl (C=O) groups excluding carboxylic acids is 1. The molecule has 7 heteroatoms. The Kier molecular flexibility index (Phi) is 4.44. The zero-order valence-electron chi connectivity index (χ0n) is 13.5. The van der Waals surface area contributed by atoms with Gasteiger partial charge in [-0.2, -0.15) is 0 Å². The van der Waals surface area contributed by atoms with Crippen LogP contribution in [0.5, 0.6) is 0 Å². The van der Waals surface area contributed by atoms with Gasteiger partial charge in [0.1, 0.15) is 0 Å². The molecule has 6 nitrogen and oxygen atoms in total. The lowest BCUT2D eigenvalue weighted by molar-refractivity contribution is -0.116. The fourth-order valence-corrected chi connectivity index (χ4v) is 4.76. The van der Waals surface area contributed by atoms with Gasteiger partial charge in [0, 0.05) is 25.2 Å². The number of nitrogens with one attached hydrogen (secondary N) is 2. The Balaban J connectivity index is 1.82. The second-order valence-corrected chi connectivity index (χ2v) is 8.12. The first-order valence-electron chi connectivity index (χ1n) is 8.02. The summed E-state index contributed by atoms with van der Waals surface area (Å²) in [5, 5.41) is 3.27. The molecule has 1 fully saturated rings. The highest BCUT2D eigenvalue weighted by atomic mass is 32.2. The van der Waals surface area contributed by atoms with Gasteiger partial charge >= 0.3 is 0 Å². The molecule has 0 saturated carbocycles. The molecule has 2 unspecified atom stereocenters. The van der Waals surface area contributed by atoms with Crippen molar-refractivity contribution in [2.45, 2.75) is 37.6 Å². The van der Waals surface area contributed by atoms with E-state index in [-0.39, 0.29) is 22.8 Å². The number of hydrogen-bond donors (Lipinski definition) is 2. The number of amides is 1. The number of sulfonamides is 1. The van der Waals surface area contributed by atoms with Gasteiger partial charge < -0.3 is 10.2 Å². The van der Waals surface area contributed by atoms with E-state index in [1.54, 1.807) is 23.1 Å². The Bertz CT molecular complexity index is 717. The summed E-state index contributed by atoms with van der Waals surface area (Å²) in [7, 11) is -3.53. The number of anilines is 1. The molecule has 126 valence electrons. The Morgan fingerprint density at radius 1 is 1.39 bits per heavy atom. The minimum absolute atomic E-state index is 0.0130. The Labute approximate surface area is 137 Å². The fourth-order valence-electron chi connectivity index (χ4n) is 3.33. The summed E-state index contributed by atoms with van der Waals surface area (Å²) in [4.78, 5) is 13.6. The van der Waals surface area contributed by atoms with Gasteiger partial charge in [-0.1, -0.05) is 6.92 Å². The second kappa shape index (κ2) is 6.22. The van der Waals surface area contributed by atoms with Crippen molar-refractivity contribution >= 4 is 21.6 Å². The van der Waals surface area contributed by atoms with Gasteiger partial charge in [-0.05, 0) is 55.6 Å². The topological polar surface area (TPSA) is 78.5 Å². The molecule has 1 saturated heterocycles. The number of benzene rings is 1. The van der Waals surface area contributed by atoms with Gasteiger partial charge in [0.2, 0.25) is 15.9 Å². The van der Waals surface area contributed by atoms with Crippen molar-refractivity contribution in [3.8, 4) is 0 Å². The highest BCUT2D eigenvalue weighted by molar-refractivity contribution is 7.89. The largest absolute Gasteiger partial charge is 0.316 e. The summed E-state index contributed by atoms with van der Waals surface area (Å²) < 4.78 is 28.1. The van der Waals surface area contributed by atoms with Crippen molar-refractivity contribution in [2.24, 2.45) is 5.92 Å². The van der Waals surface area contributed by atoms with Crippen molar-refractivity contribution in [3.63, 3.8) is 0 Å². The quantitative estimate of drug-likeness (QED) is 0.858. The van der Waals surface area contributed by atoms with E-state index in [4.69, 9.17) is 0 Å². The molecule has 1 aromatic rings. The number of rotatable bonds is 3. The van der Waals surface area contributed by atoms with E-state index in [0.29, 0.717) is 13.0 Å². The molecule has 2 N–H and O–H groups in total. The monoisotopic (exact) mass is 337 g/mol. The molecule has 1 amide bonds. The molecule has 0 aliphatic carbocycles. The van der Waals surface area contributed by atoms with E-state index in [1.165, 1.54) is 6.92 Å². The van der Waals surface area contributed by atoms with Crippen molar-refractivity contribution in [3.05, 3.63) is 23.8 Å². The van der Waals surface area contributed by atoms with Crippen LogP contribution in [-0.2, 0) is 21.2 Å². The predicted octanol–water partition coefficient (Wildman–Crippen LogP) is 0.872. The maximum absolute atomic E-state index is 12.6. The third-order valence-corrected chi connectivity index (χ3v) is 6.22. The van der Waals surface area contributed by atoms with Gasteiger partial charge in [0.25, 0.3) is 0 Å². The standard InChI is InChI=1S/C16H23N3O3S/c1-11-10-17-7-5-15(11)18-23(21,22)14-3-4-16-13(9-14)6-8-19(16)12(2)20/h3-4,9,11,15,17-18H,5-8,10H2,1-2H3. The number of piperidine rings is 1. The first-order chi connectivity index (χ1) is 10.9. The minimum atomic E-state index is -3.53. The van der Waals surface area contributed by atoms with E-state index >= 15 is 0 Å². The van der Waals surface area contributed by atoms with Crippen LogP contribution < -0.4 is 14.9 Å². The lowest BCUT2D eigenvalue weighted by Crippen LogP contribution is -2.48. The average molecular weight is 337 g/mol. The number of carbonyl (C=O) groups is 1. The lowest BCUT2D eigenvalue weighted by atomic mass is 9.97. The van der Waals surface area contributed by atoms with Crippen LogP contribution in [0, 0.1) is 5.92 Å². The molecule has 0 spiro atoms. The van der Waals surface area contributed by atoms with Gasteiger partial charge in [-0.15, -0.1) is 0 Å². The van der Waals surface area contributed by atoms with Crippen molar-refractivity contribution in [2.75, 3.05) is 24.5 Å². The summed E-state index contributed by atoms with van der Waals surface area (Å²) in [5.41, 5.74) is 1.74. The predicted molar refractivity (Wildman–Crippen MR) is 88.9 cm³/mol. The maximum Gasteiger partial charge on any atom is 0.240 e. The third kappa shape index (κ3) is 3.27.